The van der Waals surface area contributed by atoms with Crippen LogP contribution in [0.4, 0.5) is 0 Å². The third-order valence-corrected chi connectivity index (χ3v) is 2.18. The average Bonchev–Trinajstić information content (AvgIpc) is 2.21. The molecule has 1 rings (SSSR count). The van der Waals surface area contributed by atoms with Gasteiger partial charge in [-0.25, -0.2) is 0 Å². The maximum atomic E-state index is 10.5. The summed E-state index contributed by atoms with van der Waals surface area (Å²) in [6.07, 6.45) is 3.02. The molecule has 0 aromatic heterocycles. The minimum absolute atomic E-state index is 0.365. The molecule has 1 unspecified atom stereocenters. The molecule has 1 aromatic carbocycles. The van der Waals surface area contributed by atoms with E-state index in [1.54, 1.807) is 0 Å². The van der Waals surface area contributed by atoms with Gasteiger partial charge in [-0.1, -0.05) is 30.3 Å². The predicted octanol–water partition coefficient (Wildman–Crippen LogP) is 1.37. The van der Waals surface area contributed by atoms with Crippen LogP contribution in [0.25, 0.3) is 0 Å². The Hall–Kier alpha value is -1.61. The Bertz CT molecular complexity index is 343. The van der Waals surface area contributed by atoms with Gasteiger partial charge in [-0.2, -0.15) is 0 Å². The second-order valence-corrected chi connectivity index (χ2v) is 3.46. The van der Waals surface area contributed by atoms with Crippen LogP contribution in [0, 0.1) is 0 Å². The molecule has 0 radical (unpaired) electrons. The Morgan fingerprint density at radius 1 is 1.40 bits per heavy atom. The molecule has 0 aliphatic heterocycles. The number of hydrogen-bond donors (Lipinski definition) is 2. The Balaban J connectivity index is 2.64. The number of carboxylic acid groups (broad SMARTS) is 1. The van der Waals surface area contributed by atoms with E-state index in [0.29, 0.717) is 6.42 Å². The molecule has 0 heterocycles. The fourth-order valence-corrected chi connectivity index (χ4v) is 1.32. The molecular formula is C12H15NO2. The zero-order valence-corrected chi connectivity index (χ0v) is 8.52. The van der Waals surface area contributed by atoms with Crippen molar-refractivity contribution in [2.45, 2.75) is 18.9 Å². The average molecular weight is 205 g/mol. The summed E-state index contributed by atoms with van der Waals surface area (Å²) in [5.74, 6) is -0.967. The van der Waals surface area contributed by atoms with Gasteiger partial charge >= 0.3 is 5.97 Å². The van der Waals surface area contributed by atoms with Crippen LogP contribution < -0.4 is 5.73 Å². The lowest BCUT2D eigenvalue weighted by atomic mass is 10.0. The van der Waals surface area contributed by atoms with Gasteiger partial charge in [0.05, 0.1) is 0 Å². The van der Waals surface area contributed by atoms with Crippen molar-refractivity contribution in [2.24, 2.45) is 5.73 Å². The quantitative estimate of drug-likeness (QED) is 0.713. The van der Waals surface area contributed by atoms with Crippen molar-refractivity contribution in [3.63, 3.8) is 0 Å². The summed E-state index contributed by atoms with van der Waals surface area (Å²) >= 11 is 0. The van der Waals surface area contributed by atoms with E-state index in [1.807, 2.05) is 30.3 Å². The topological polar surface area (TPSA) is 63.3 Å². The molecule has 0 amide bonds. The van der Waals surface area contributed by atoms with Gasteiger partial charge in [0.1, 0.15) is 6.04 Å². The SMILES string of the molecule is C=CCc1ccc(CC(N)C(=O)O)cc1. The Morgan fingerprint density at radius 2 is 1.93 bits per heavy atom. The monoisotopic (exact) mass is 205 g/mol. The first-order chi connectivity index (χ1) is 7.13. The van der Waals surface area contributed by atoms with Crippen molar-refractivity contribution in [2.75, 3.05) is 0 Å². The third kappa shape index (κ3) is 3.56. The van der Waals surface area contributed by atoms with Crippen molar-refractivity contribution in [3.05, 3.63) is 48.0 Å². The number of allylic oxidation sites excluding steroid dienone is 1. The van der Waals surface area contributed by atoms with Crippen LogP contribution in [0.3, 0.4) is 0 Å². The van der Waals surface area contributed by atoms with E-state index >= 15 is 0 Å². The molecule has 1 atom stereocenters. The highest BCUT2D eigenvalue weighted by Crippen LogP contribution is 2.07. The van der Waals surface area contributed by atoms with Crippen LogP contribution in [0.2, 0.25) is 0 Å². The van der Waals surface area contributed by atoms with Crippen molar-refractivity contribution >= 4 is 5.97 Å². The zero-order chi connectivity index (χ0) is 11.3. The first-order valence-electron chi connectivity index (χ1n) is 4.80. The van der Waals surface area contributed by atoms with Gasteiger partial charge in [-0.05, 0) is 24.0 Å². The third-order valence-electron chi connectivity index (χ3n) is 2.18. The lowest BCUT2D eigenvalue weighted by Gasteiger charge is -2.06. The molecule has 80 valence electrons. The molecule has 0 saturated carbocycles. The molecule has 0 bridgehead atoms. The number of nitrogens with two attached hydrogens (primary N) is 1. The summed E-state index contributed by atoms with van der Waals surface area (Å²) in [6.45, 7) is 3.65. The van der Waals surface area contributed by atoms with Crippen molar-refractivity contribution < 1.29 is 9.90 Å². The molecule has 3 N–H and O–H groups in total. The first-order valence-corrected chi connectivity index (χ1v) is 4.80. The fraction of sp³-hybridized carbons (Fsp3) is 0.250. The molecule has 15 heavy (non-hydrogen) atoms. The summed E-state index contributed by atoms with van der Waals surface area (Å²) in [5.41, 5.74) is 7.54. The number of aliphatic carboxylic acids is 1. The molecule has 3 nitrogen and oxygen atoms in total. The van der Waals surface area contributed by atoms with Crippen molar-refractivity contribution in [1.29, 1.82) is 0 Å². The van der Waals surface area contributed by atoms with Gasteiger partial charge < -0.3 is 10.8 Å². The largest absolute Gasteiger partial charge is 0.480 e. The van der Waals surface area contributed by atoms with Crippen LogP contribution in [-0.2, 0) is 17.6 Å². The van der Waals surface area contributed by atoms with Crippen molar-refractivity contribution in [3.8, 4) is 0 Å². The summed E-state index contributed by atoms with van der Waals surface area (Å²) in [6, 6.07) is 6.91. The normalized spacial score (nSPS) is 12.1. The van der Waals surface area contributed by atoms with Gasteiger partial charge in [0, 0.05) is 0 Å². The number of carbonyl (C=O) groups is 1. The van der Waals surface area contributed by atoms with Crippen LogP contribution in [0.15, 0.2) is 36.9 Å². The summed E-state index contributed by atoms with van der Waals surface area (Å²) in [5, 5.41) is 8.64. The molecular weight excluding hydrogens is 190 g/mol. The van der Waals surface area contributed by atoms with E-state index in [0.717, 1.165) is 17.5 Å². The Kier molecular flexibility index (Phi) is 4.06. The highest BCUT2D eigenvalue weighted by atomic mass is 16.4. The number of hydrogen-bond acceptors (Lipinski definition) is 2. The molecule has 0 aliphatic carbocycles. The lowest BCUT2D eigenvalue weighted by Crippen LogP contribution is -2.32. The van der Waals surface area contributed by atoms with Gasteiger partial charge in [0.25, 0.3) is 0 Å². The van der Waals surface area contributed by atoms with E-state index in [-0.39, 0.29) is 0 Å². The van der Waals surface area contributed by atoms with Crippen LogP contribution in [-0.4, -0.2) is 17.1 Å². The van der Waals surface area contributed by atoms with Crippen LogP contribution in [0.1, 0.15) is 11.1 Å². The molecule has 3 heteroatoms. The minimum Gasteiger partial charge on any atom is -0.480 e. The van der Waals surface area contributed by atoms with Crippen LogP contribution >= 0.6 is 0 Å². The number of benzene rings is 1. The molecule has 1 aromatic rings. The highest BCUT2D eigenvalue weighted by molar-refractivity contribution is 5.73. The van der Waals surface area contributed by atoms with Gasteiger partial charge in [0.15, 0.2) is 0 Å². The second-order valence-electron chi connectivity index (χ2n) is 3.46. The van der Waals surface area contributed by atoms with E-state index in [2.05, 4.69) is 6.58 Å². The maximum absolute atomic E-state index is 10.5. The smallest absolute Gasteiger partial charge is 0.320 e. The predicted molar refractivity (Wildman–Crippen MR) is 59.7 cm³/mol. The zero-order valence-electron chi connectivity index (χ0n) is 8.52. The lowest BCUT2D eigenvalue weighted by molar-refractivity contribution is -0.138. The fourth-order valence-electron chi connectivity index (χ4n) is 1.32. The van der Waals surface area contributed by atoms with Crippen LogP contribution in [0.5, 0.6) is 0 Å². The Morgan fingerprint density at radius 3 is 2.40 bits per heavy atom. The summed E-state index contributed by atoms with van der Waals surface area (Å²) < 4.78 is 0. The van der Waals surface area contributed by atoms with Gasteiger partial charge in [-0.3, -0.25) is 4.79 Å². The van der Waals surface area contributed by atoms with Crippen molar-refractivity contribution in [1.82, 2.24) is 0 Å². The molecule has 0 spiro atoms. The molecule has 0 aliphatic rings. The van der Waals surface area contributed by atoms with E-state index in [1.165, 1.54) is 0 Å². The van der Waals surface area contributed by atoms with E-state index in [9.17, 15) is 4.79 Å². The standard InChI is InChI=1S/C12H15NO2/c1-2-3-9-4-6-10(7-5-9)8-11(13)12(14)15/h2,4-7,11H,1,3,8,13H2,(H,14,15). The second kappa shape index (κ2) is 5.32. The number of carboxylic acids is 1. The highest BCUT2D eigenvalue weighted by Gasteiger charge is 2.11. The number of rotatable bonds is 5. The molecule has 0 fully saturated rings. The van der Waals surface area contributed by atoms with E-state index in [4.69, 9.17) is 10.8 Å². The van der Waals surface area contributed by atoms with Gasteiger partial charge in [-0.15, -0.1) is 6.58 Å². The Labute approximate surface area is 89.2 Å². The summed E-state index contributed by atoms with van der Waals surface area (Å²) in [7, 11) is 0. The summed E-state index contributed by atoms with van der Waals surface area (Å²) in [4.78, 5) is 10.5. The first kappa shape index (κ1) is 11.5. The minimum atomic E-state index is -0.967. The molecule has 0 saturated heterocycles. The van der Waals surface area contributed by atoms with E-state index < -0.39 is 12.0 Å². The van der Waals surface area contributed by atoms with Gasteiger partial charge in [0.2, 0.25) is 0 Å². The maximum Gasteiger partial charge on any atom is 0.320 e.